The normalized spacial score (nSPS) is 11.5. The molecule has 0 aromatic carbocycles. The second-order valence-corrected chi connectivity index (χ2v) is 6.64. The molecule has 2 heterocycles. The molecule has 0 unspecified atom stereocenters. The summed E-state index contributed by atoms with van der Waals surface area (Å²) in [4.78, 5) is 13.4. The zero-order chi connectivity index (χ0) is 15.4. The van der Waals surface area contributed by atoms with Crippen molar-refractivity contribution in [3.05, 3.63) is 10.9 Å². The van der Waals surface area contributed by atoms with Crippen molar-refractivity contribution in [2.45, 2.75) is 27.2 Å². The van der Waals surface area contributed by atoms with Crippen molar-refractivity contribution in [2.75, 3.05) is 37.4 Å². The van der Waals surface area contributed by atoms with E-state index in [1.165, 1.54) is 4.88 Å². The van der Waals surface area contributed by atoms with Gasteiger partial charge in [-0.25, -0.2) is 4.98 Å². The molecule has 5 nitrogen and oxygen atoms in total. The predicted octanol–water partition coefficient (Wildman–Crippen LogP) is 2.94. The summed E-state index contributed by atoms with van der Waals surface area (Å²) in [7, 11) is 1.72. The van der Waals surface area contributed by atoms with E-state index in [1.807, 2.05) is 0 Å². The lowest BCUT2D eigenvalue weighted by Gasteiger charge is -2.26. The molecule has 2 N–H and O–H groups in total. The SMILES string of the molecule is CCc1cc2c(N(CCOC)CC(C)C)nc(N)nc2s1. The second-order valence-electron chi connectivity index (χ2n) is 5.52. The molecule has 0 saturated heterocycles. The zero-order valence-corrected chi connectivity index (χ0v) is 14.0. The van der Waals surface area contributed by atoms with Gasteiger partial charge in [0, 0.05) is 25.1 Å². The highest BCUT2D eigenvalue weighted by atomic mass is 32.1. The highest BCUT2D eigenvalue weighted by Gasteiger charge is 2.17. The van der Waals surface area contributed by atoms with E-state index < -0.39 is 0 Å². The average Bonchev–Trinajstić information content (AvgIpc) is 2.85. The number of thiophene rings is 1. The fraction of sp³-hybridized carbons (Fsp3) is 0.600. The van der Waals surface area contributed by atoms with Crippen molar-refractivity contribution in [1.82, 2.24) is 9.97 Å². The quantitative estimate of drug-likeness (QED) is 0.852. The molecule has 116 valence electrons. The van der Waals surface area contributed by atoms with Crippen LogP contribution in [-0.2, 0) is 11.2 Å². The number of hydrogen-bond acceptors (Lipinski definition) is 6. The molecular formula is C15H24N4OS. The van der Waals surface area contributed by atoms with Crippen LogP contribution in [0.1, 0.15) is 25.6 Å². The Kier molecular flexibility index (Phi) is 5.36. The van der Waals surface area contributed by atoms with Crippen LogP contribution in [0.3, 0.4) is 0 Å². The summed E-state index contributed by atoms with van der Waals surface area (Å²) < 4.78 is 5.23. The van der Waals surface area contributed by atoms with E-state index in [-0.39, 0.29) is 0 Å². The molecule has 2 aromatic heterocycles. The number of fused-ring (bicyclic) bond motifs is 1. The molecule has 0 aliphatic heterocycles. The number of ether oxygens (including phenoxy) is 1. The van der Waals surface area contributed by atoms with Crippen LogP contribution in [0.25, 0.3) is 10.2 Å². The molecule has 0 spiro atoms. The van der Waals surface area contributed by atoms with E-state index in [1.54, 1.807) is 18.4 Å². The van der Waals surface area contributed by atoms with Crippen LogP contribution in [0.2, 0.25) is 0 Å². The van der Waals surface area contributed by atoms with Crippen molar-refractivity contribution in [1.29, 1.82) is 0 Å². The lowest BCUT2D eigenvalue weighted by Crippen LogP contribution is -2.32. The molecule has 6 heteroatoms. The minimum absolute atomic E-state index is 0.341. The minimum Gasteiger partial charge on any atom is -0.383 e. The Bertz CT molecular complexity index is 597. The summed E-state index contributed by atoms with van der Waals surface area (Å²) in [5.74, 6) is 1.81. The fourth-order valence-corrected chi connectivity index (χ4v) is 3.28. The molecule has 0 radical (unpaired) electrons. The third kappa shape index (κ3) is 3.83. The summed E-state index contributed by atoms with van der Waals surface area (Å²) in [6.45, 7) is 8.95. The van der Waals surface area contributed by atoms with Crippen LogP contribution in [-0.4, -0.2) is 36.8 Å². The van der Waals surface area contributed by atoms with Gasteiger partial charge < -0.3 is 15.4 Å². The maximum absolute atomic E-state index is 5.90. The van der Waals surface area contributed by atoms with Gasteiger partial charge in [0.15, 0.2) is 0 Å². The molecule has 2 aromatic rings. The fourth-order valence-electron chi connectivity index (χ4n) is 2.31. The van der Waals surface area contributed by atoms with Gasteiger partial charge in [0.05, 0.1) is 12.0 Å². The van der Waals surface area contributed by atoms with E-state index in [4.69, 9.17) is 10.5 Å². The van der Waals surface area contributed by atoms with Gasteiger partial charge in [0.1, 0.15) is 10.6 Å². The lowest BCUT2D eigenvalue weighted by atomic mass is 10.2. The van der Waals surface area contributed by atoms with E-state index >= 15 is 0 Å². The van der Waals surface area contributed by atoms with Crippen LogP contribution in [0.4, 0.5) is 11.8 Å². The number of hydrogen-bond donors (Lipinski definition) is 1. The van der Waals surface area contributed by atoms with Crippen LogP contribution >= 0.6 is 11.3 Å². The van der Waals surface area contributed by atoms with Crippen molar-refractivity contribution >= 4 is 33.3 Å². The Morgan fingerprint density at radius 1 is 1.38 bits per heavy atom. The van der Waals surface area contributed by atoms with Gasteiger partial charge in [-0.15, -0.1) is 11.3 Å². The molecule has 21 heavy (non-hydrogen) atoms. The highest BCUT2D eigenvalue weighted by molar-refractivity contribution is 7.18. The Morgan fingerprint density at radius 3 is 2.76 bits per heavy atom. The van der Waals surface area contributed by atoms with E-state index in [9.17, 15) is 0 Å². The maximum Gasteiger partial charge on any atom is 0.223 e. The summed E-state index contributed by atoms with van der Waals surface area (Å²) in [5, 5.41) is 1.10. The van der Waals surface area contributed by atoms with Gasteiger partial charge in [0.25, 0.3) is 0 Å². The highest BCUT2D eigenvalue weighted by Crippen LogP contribution is 2.32. The van der Waals surface area contributed by atoms with Gasteiger partial charge in [0.2, 0.25) is 5.95 Å². The van der Waals surface area contributed by atoms with Gasteiger partial charge >= 0.3 is 0 Å². The number of rotatable bonds is 7. The number of anilines is 2. The first kappa shape index (κ1) is 16.0. The number of nitrogens with two attached hydrogens (primary N) is 1. The number of nitrogen functional groups attached to an aromatic ring is 1. The van der Waals surface area contributed by atoms with Gasteiger partial charge in [-0.3, -0.25) is 0 Å². The van der Waals surface area contributed by atoms with E-state index in [2.05, 4.69) is 41.7 Å². The van der Waals surface area contributed by atoms with Crippen LogP contribution in [0.5, 0.6) is 0 Å². The Hall–Kier alpha value is -1.40. The van der Waals surface area contributed by atoms with Crippen LogP contribution < -0.4 is 10.6 Å². The standard InChI is InChI=1S/C15H24N4OS/c1-5-11-8-12-13(17-15(16)18-14(12)21-11)19(6-7-20-4)9-10(2)3/h8,10H,5-7,9H2,1-4H3,(H2,16,17,18). The summed E-state index contributed by atoms with van der Waals surface area (Å²) in [6, 6.07) is 2.19. The van der Waals surface area contributed by atoms with Gasteiger partial charge in [-0.1, -0.05) is 20.8 Å². The van der Waals surface area contributed by atoms with Crippen molar-refractivity contribution in [3.63, 3.8) is 0 Å². The largest absolute Gasteiger partial charge is 0.383 e. The van der Waals surface area contributed by atoms with E-state index in [0.29, 0.717) is 18.5 Å². The molecule has 0 bridgehead atoms. The first-order valence-electron chi connectivity index (χ1n) is 7.35. The third-order valence-corrected chi connectivity index (χ3v) is 4.41. The number of aromatic nitrogens is 2. The summed E-state index contributed by atoms with van der Waals surface area (Å²) in [6.07, 6.45) is 1.00. The third-order valence-electron chi connectivity index (χ3n) is 3.24. The molecule has 0 aliphatic rings. The first-order valence-corrected chi connectivity index (χ1v) is 8.16. The Morgan fingerprint density at radius 2 is 2.14 bits per heavy atom. The summed E-state index contributed by atoms with van der Waals surface area (Å²) >= 11 is 1.70. The molecule has 0 fully saturated rings. The minimum atomic E-state index is 0.341. The van der Waals surface area contributed by atoms with Crippen molar-refractivity contribution in [3.8, 4) is 0 Å². The number of methoxy groups -OCH3 is 1. The first-order chi connectivity index (χ1) is 10.0. The van der Waals surface area contributed by atoms with Gasteiger partial charge in [-0.05, 0) is 18.4 Å². The number of aryl methyl sites for hydroxylation is 1. The van der Waals surface area contributed by atoms with Crippen molar-refractivity contribution < 1.29 is 4.74 Å². The molecule has 0 amide bonds. The average molecular weight is 308 g/mol. The number of nitrogens with zero attached hydrogens (tertiary/aromatic N) is 3. The van der Waals surface area contributed by atoms with Crippen LogP contribution in [0, 0.1) is 5.92 Å². The van der Waals surface area contributed by atoms with E-state index in [0.717, 1.165) is 35.5 Å². The zero-order valence-electron chi connectivity index (χ0n) is 13.2. The Labute approximate surface area is 130 Å². The monoisotopic (exact) mass is 308 g/mol. The Balaban J connectivity index is 2.46. The molecular weight excluding hydrogens is 284 g/mol. The predicted molar refractivity (Wildman–Crippen MR) is 90.1 cm³/mol. The van der Waals surface area contributed by atoms with Crippen molar-refractivity contribution in [2.24, 2.45) is 5.92 Å². The maximum atomic E-state index is 5.90. The van der Waals surface area contributed by atoms with Crippen LogP contribution in [0.15, 0.2) is 6.07 Å². The molecule has 0 saturated carbocycles. The van der Waals surface area contributed by atoms with Gasteiger partial charge in [-0.2, -0.15) is 4.98 Å². The topological polar surface area (TPSA) is 64.3 Å². The molecule has 0 atom stereocenters. The summed E-state index contributed by atoms with van der Waals surface area (Å²) in [5.41, 5.74) is 5.90. The lowest BCUT2D eigenvalue weighted by molar-refractivity contribution is 0.204. The molecule has 0 aliphatic carbocycles. The molecule has 2 rings (SSSR count). The smallest absolute Gasteiger partial charge is 0.223 e. The second kappa shape index (κ2) is 7.04.